The highest BCUT2D eigenvalue weighted by Gasteiger charge is 2.55. The van der Waals surface area contributed by atoms with Crippen LogP contribution >= 0.6 is 0 Å². The molecule has 36 heavy (non-hydrogen) atoms. The number of rotatable bonds is 7. The molecular formula is C31H48O4S. The second-order valence-electron chi connectivity index (χ2n) is 11.9. The Morgan fingerprint density at radius 2 is 1.75 bits per heavy atom. The lowest BCUT2D eigenvalue weighted by Gasteiger charge is -2.54. The smallest absolute Gasteiger partial charge is 0.181 e. The largest absolute Gasteiger partial charge is 0.396 e. The van der Waals surface area contributed by atoms with Crippen LogP contribution in [0.5, 0.6) is 0 Å². The molecule has 5 rings (SSSR count). The molecule has 202 valence electrons. The van der Waals surface area contributed by atoms with Crippen molar-refractivity contribution in [2.75, 3.05) is 6.61 Å². The van der Waals surface area contributed by atoms with Gasteiger partial charge in [0.1, 0.15) is 0 Å². The van der Waals surface area contributed by atoms with Gasteiger partial charge in [0.25, 0.3) is 0 Å². The number of hydrogen-bond donors (Lipinski definition) is 2. The number of sulfone groups is 1. The first kappa shape index (κ1) is 27.9. The van der Waals surface area contributed by atoms with E-state index in [1.807, 2.05) is 19.9 Å². The Hall–Kier alpha value is -1.17. The van der Waals surface area contributed by atoms with Crippen LogP contribution in [0, 0.1) is 35.0 Å². The first-order valence-corrected chi connectivity index (χ1v) is 16.2. The molecule has 2 N–H and O–H groups in total. The van der Waals surface area contributed by atoms with Crippen molar-refractivity contribution in [3.8, 4) is 0 Å². The lowest BCUT2D eigenvalue weighted by Crippen LogP contribution is -2.46. The Kier molecular flexibility index (Phi) is 9.05. The maximum atomic E-state index is 13.3. The third-order valence-electron chi connectivity index (χ3n) is 10.4. The molecule has 0 bridgehead atoms. The number of aliphatic hydroxyl groups is 2. The number of hydrogen-bond acceptors (Lipinski definition) is 4. The molecule has 4 aliphatic carbocycles. The highest BCUT2D eigenvalue weighted by Crippen LogP contribution is 2.64. The van der Waals surface area contributed by atoms with E-state index < -0.39 is 15.1 Å². The minimum Gasteiger partial charge on any atom is -0.396 e. The van der Waals surface area contributed by atoms with Crippen molar-refractivity contribution in [3.63, 3.8) is 0 Å². The predicted molar refractivity (Wildman–Crippen MR) is 146 cm³/mol. The van der Waals surface area contributed by atoms with Crippen LogP contribution in [-0.4, -0.2) is 36.6 Å². The van der Waals surface area contributed by atoms with E-state index in [1.165, 1.54) is 37.7 Å². The summed E-state index contributed by atoms with van der Waals surface area (Å²) in [7, 11) is -3.43. The molecule has 5 heteroatoms. The molecule has 0 aliphatic heterocycles. The second kappa shape index (κ2) is 11.7. The van der Waals surface area contributed by atoms with Crippen molar-refractivity contribution in [2.45, 2.75) is 108 Å². The minimum absolute atomic E-state index is 0.0875. The van der Waals surface area contributed by atoms with Gasteiger partial charge in [-0.05, 0) is 118 Å². The molecule has 4 nitrogen and oxygen atoms in total. The van der Waals surface area contributed by atoms with Crippen molar-refractivity contribution >= 4 is 9.84 Å². The van der Waals surface area contributed by atoms with Gasteiger partial charge in [-0.2, -0.15) is 0 Å². The summed E-state index contributed by atoms with van der Waals surface area (Å²) in [5, 5.41) is 19.3. The van der Waals surface area contributed by atoms with E-state index in [4.69, 9.17) is 0 Å². The molecule has 8 atom stereocenters. The maximum Gasteiger partial charge on any atom is 0.181 e. The minimum atomic E-state index is -3.43. The molecule has 0 aromatic heterocycles. The summed E-state index contributed by atoms with van der Waals surface area (Å²) in [4.78, 5) is 0.381. The topological polar surface area (TPSA) is 74.6 Å². The van der Waals surface area contributed by atoms with Gasteiger partial charge in [-0.25, -0.2) is 8.42 Å². The van der Waals surface area contributed by atoms with E-state index in [2.05, 4.69) is 13.0 Å². The molecule has 1 aromatic carbocycles. The van der Waals surface area contributed by atoms with Gasteiger partial charge in [-0.15, -0.1) is 0 Å². The van der Waals surface area contributed by atoms with E-state index in [-0.39, 0.29) is 12.7 Å². The van der Waals surface area contributed by atoms with Crippen molar-refractivity contribution in [3.05, 3.63) is 42.0 Å². The molecule has 4 aliphatic rings. The van der Waals surface area contributed by atoms with Gasteiger partial charge >= 0.3 is 0 Å². The molecule has 0 saturated heterocycles. The van der Waals surface area contributed by atoms with Gasteiger partial charge in [-0.1, -0.05) is 50.6 Å². The van der Waals surface area contributed by atoms with Crippen LogP contribution in [0.25, 0.3) is 0 Å². The lowest BCUT2D eigenvalue weighted by atomic mass is 9.51. The Morgan fingerprint density at radius 1 is 1.00 bits per heavy atom. The quantitative estimate of drug-likeness (QED) is 0.402. The fourth-order valence-electron chi connectivity index (χ4n) is 8.62. The van der Waals surface area contributed by atoms with E-state index in [9.17, 15) is 18.6 Å². The molecule has 1 aromatic rings. The average Bonchev–Trinajstić information content (AvgIpc) is 3.24. The van der Waals surface area contributed by atoms with Crippen LogP contribution in [-0.2, 0) is 9.84 Å². The van der Waals surface area contributed by atoms with Gasteiger partial charge in [0.2, 0.25) is 0 Å². The monoisotopic (exact) mass is 516 g/mol. The van der Waals surface area contributed by atoms with Crippen molar-refractivity contribution < 1.29 is 18.6 Å². The Bertz CT molecular complexity index is 987. The van der Waals surface area contributed by atoms with Crippen molar-refractivity contribution in [2.24, 2.45) is 35.0 Å². The predicted octanol–water partition coefficient (Wildman–Crippen LogP) is 6.57. The third-order valence-corrected chi connectivity index (χ3v) is 12.7. The van der Waals surface area contributed by atoms with E-state index >= 15 is 0 Å². The number of benzene rings is 1. The van der Waals surface area contributed by atoms with Gasteiger partial charge < -0.3 is 10.2 Å². The van der Waals surface area contributed by atoms with Crippen LogP contribution in [0.1, 0.15) is 91.4 Å². The van der Waals surface area contributed by atoms with Gasteiger partial charge in [0.05, 0.1) is 16.2 Å². The van der Waals surface area contributed by atoms with Crippen LogP contribution in [0.3, 0.4) is 0 Å². The number of allylic oxidation sites excluding steroid dienone is 1. The Labute approximate surface area is 219 Å². The van der Waals surface area contributed by atoms with Crippen molar-refractivity contribution in [1.29, 1.82) is 0 Å². The van der Waals surface area contributed by atoms with Crippen LogP contribution < -0.4 is 0 Å². The normalized spacial score (nSPS) is 36.4. The summed E-state index contributed by atoms with van der Waals surface area (Å²) in [5.41, 5.74) is 1.84. The fraction of sp³-hybridized carbons (Fsp3) is 0.742. The second-order valence-corrected chi connectivity index (χ2v) is 14.1. The van der Waals surface area contributed by atoms with Gasteiger partial charge in [-0.3, -0.25) is 0 Å². The number of aliphatic hydroxyl groups excluding tert-OH is 2. The van der Waals surface area contributed by atoms with E-state index in [0.717, 1.165) is 43.4 Å². The molecule has 3 saturated carbocycles. The SMILES string of the molecule is CC.CC12CCC3C4CCC(O)CC4=CCC3C1CC[C@@H]2CCC(CCO)S(=O)(=O)c1ccccc1. The summed E-state index contributed by atoms with van der Waals surface area (Å²) in [6.07, 6.45) is 13.4. The first-order valence-electron chi connectivity index (χ1n) is 14.6. The van der Waals surface area contributed by atoms with Crippen LogP contribution in [0.15, 0.2) is 46.9 Å². The van der Waals surface area contributed by atoms with E-state index in [0.29, 0.717) is 35.0 Å². The van der Waals surface area contributed by atoms with E-state index in [1.54, 1.807) is 24.3 Å². The summed E-state index contributed by atoms with van der Waals surface area (Å²) in [6, 6.07) is 8.77. The van der Waals surface area contributed by atoms with Crippen LogP contribution in [0.4, 0.5) is 0 Å². The molecule has 0 amide bonds. The molecule has 3 fully saturated rings. The Morgan fingerprint density at radius 3 is 2.47 bits per heavy atom. The molecule has 0 heterocycles. The van der Waals surface area contributed by atoms with Crippen molar-refractivity contribution in [1.82, 2.24) is 0 Å². The molecule has 7 unspecified atom stereocenters. The molecular weight excluding hydrogens is 468 g/mol. The summed E-state index contributed by atoms with van der Waals surface area (Å²) < 4.78 is 26.6. The molecule has 0 radical (unpaired) electrons. The average molecular weight is 517 g/mol. The lowest BCUT2D eigenvalue weighted by molar-refractivity contribution is -0.0200. The fourth-order valence-corrected chi connectivity index (χ4v) is 10.4. The highest BCUT2D eigenvalue weighted by atomic mass is 32.2. The third kappa shape index (κ3) is 5.22. The summed E-state index contributed by atoms with van der Waals surface area (Å²) in [6.45, 7) is 6.41. The zero-order valence-corrected chi connectivity index (χ0v) is 23.4. The maximum absolute atomic E-state index is 13.3. The summed E-state index contributed by atoms with van der Waals surface area (Å²) in [5.74, 6) is 3.54. The zero-order chi connectivity index (χ0) is 25.9. The number of fused-ring (bicyclic) bond motifs is 5. The van der Waals surface area contributed by atoms with Gasteiger partial charge in [0.15, 0.2) is 9.84 Å². The highest BCUT2D eigenvalue weighted by molar-refractivity contribution is 7.92. The zero-order valence-electron chi connectivity index (χ0n) is 22.6. The first-order chi connectivity index (χ1) is 17.3. The molecule has 0 spiro atoms. The summed E-state index contributed by atoms with van der Waals surface area (Å²) >= 11 is 0. The van der Waals surface area contributed by atoms with Gasteiger partial charge in [0, 0.05) is 6.61 Å². The standard InChI is InChI=1S/C29H42O4S.C2H6/c1-29-17-15-26-25-13-10-22(31)19-20(25)7-12-27(26)28(29)14-9-21(29)8-11-24(16-18-30)34(32,33)23-5-3-2-4-6-23;1-2/h2-7,21-22,24-28,30-31H,8-19H2,1H3;1-2H3/t21-,22?,24?,25?,26?,27?,28?,29?;/m0./s1. The Balaban J connectivity index is 0.00000148. The van der Waals surface area contributed by atoms with Crippen LogP contribution in [0.2, 0.25) is 0 Å².